The fourth-order valence-electron chi connectivity index (χ4n) is 2.07. The first-order valence-corrected chi connectivity index (χ1v) is 9.27. The van der Waals surface area contributed by atoms with Gasteiger partial charge in [0.25, 0.3) is 0 Å². The molecule has 2 aromatic carbocycles. The lowest BCUT2D eigenvalue weighted by molar-refractivity contribution is 0.340. The van der Waals surface area contributed by atoms with Crippen molar-refractivity contribution >= 4 is 33.2 Å². The summed E-state index contributed by atoms with van der Waals surface area (Å²) in [6, 6.07) is 11.1. The van der Waals surface area contributed by atoms with E-state index in [1.54, 1.807) is 25.1 Å². The van der Waals surface area contributed by atoms with Crippen LogP contribution in [0.1, 0.15) is 25.5 Å². The van der Waals surface area contributed by atoms with Crippen molar-refractivity contribution in [1.82, 2.24) is 4.72 Å². The molecule has 2 aromatic rings. The molecule has 0 aliphatic rings. The Kier molecular flexibility index (Phi) is 5.92. The van der Waals surface area contributed by atoms with E-state index in [0.29, 0.717) is 11.6 Å². The Morgan fingerprint density at radius 2 is 1.78 bits per heavy atom. The van der Waals surface area contributed by atoms with Gasteiger partial charge < -0.3 is 4.74 Å². The van der Waals surface area contributed by atoms with E-state index in [4.69, 9.17) is 27.9 Å². The van der Waals surface area contributed by atoms with E-state index >= 15 is 0 Å². The number of rotatable bonds is 6. The van der Waals surface area contributed by atoms with Crippen molar-refractivity contribution < 1.29 is 13.2 Å². The highest BCUT2D eigenvalue weighted by Gasteiger charge is 2.21. The zero-order valence-electron chi connectivity index (χ0n) is 12.7. The van der Waals surface area contributed by atoms with E-state index < -0.39 is 16.1 Å². The van der Waals surface area contributed by atoms with Crippen LogP contribution in [0.2, 0.25) is 10.0 Å². The molecule has 0 heterocycles. The normalized spacial score (nSPS) is 12.9. The van der Waals surface area contributed by atoms with Gasteiger partial charge in [0.15, 0.2) is 0 Å². The molecule has 124 valence electrons. The van der Waals surface area contributed by atoms with Crippen molar-refractivity contribution in [3.8, 4) is 5.75 Å². The van der Waals surface area contributed by atoms with Crippen molar-refractivity contribution in [3.63, 3.8) is 0 Å². The zero-order chi connectivity index (χ0) is 17.0. The predicted octanol–water partition coefficient (Wildman–Crippen LogP) is 4.43. The summed E-state index contributed by atoms with van der Waals surface area (Å²) in [6.07, 6.45) is 0. The molecule has 4 nitrogen and oxygen atoms in total. The Morgan fingerprint density at radius 1 is 1.13 bits per heavy atom. The molecule has 0 aromatic heterocycles. The van der Waals surface area contributed by atoms with E-state index in [0.717, 1.165) is 11.3 Å². The molecule has 0 saturated heterocycles. The topological polar surface area (TPSA) is 55.4 Å². The van der Waals surface area contributed by atoms with Crippen LogP contribution in [-0.4, -0.2) is 15.0 Å². The van der Waals surface area contributed by atoms with Gasteiger partial charge in [-0.2, -0.15) is 0 Å². The molecule has 7 heteroatoms. The Balaban J connectivity index is 2.21. The van der Waals surface area contributed by atoms with Crippen LogP contribution in [0, 0.1) is 0 Å². The predicted molar refractivity (Wildman–Crippen MR) is 92.8 cm³/mol. The molecule has 0 spiro atoms. The SMILES string of the molecule is CCOc1ccc([C@H](C)NS(=O)(=O)c2cc(Cl)ccc2Cl)cc1. The summed E-state index contributed by atoms with van der Waals surface area (Å²) < 4.78 is 32.9. The van der Waals surface area contributed by atoms with Gasteiger partial charge in [-0.1, -0.05) is 35.3 Å². The molecule has 23 heavy (non-hydrogen) atoms. The molecular weight excluding hydrogens is 357 g/mol. The summed E-state index contributed by atoms with van der Waals surface area (Å²) in [5, 5.41) is 0.435. The molecule has 2 rings (SSSR count). The number of hydrogen-bond acceptors (Lipinski definition) is 3. The van der Waals surface area contributed by atoms with Crippen molar-refractivity contribution in [2.75, 3.05) is 6.61 Å². The number of benzene rings is 2. The Hall–Kier alpha value is -1.27. The molecule has 0 aliphatic heterocycles. The lowest BCUT2D eigenvalue weighted by atomic mass is 10.1. The number of nitrogens with one attached hydrogen (secondary N) is 1. The highest BCUT2D eigenvalue weighted by molar-refractivity contribution is 7.89. The number of hydrogen-bond donors (Lipinski definition) is 1. The Bertz CT molecular complexity index is 776. The van der Waals surface area contributed by atoms with Crippen molar-refractivity contribution in [2.24, 2.45) is 0 Å². The second kappa shape index (κ2) is 7.53. The van der Waals surface area contributed by atoms with Gasteiger partial charge in [0.05, 0.1) is 11.6 Å². The minimum atomic E-state index is -3.78. The summed E-state index contributed by atoms with van der Waals surface area (Å²) in [7, 11) is -3.78. The molecule has 0 saturated carbocycles. The van der Waals surface area contributed by atoms with Crippen molar-refractivity contribution in [3.05, 3.63) is 58.1 Å². The maximum Gasteiger partial charge on any atom is 0.242 e. The summed E-state index contributed by atoms with van der Waals surface area (Å²) in [5.74, 6) is 0.740. The molecule has 1 N–H and O–H groups in total. The summed E-state index contributed by atoms with van der Waals surface area (Å²) in [6.45, 7) is 4.24. The Morgan fingerprint density at radius 3 is 2.39 bits per heavy atom. The first-order chi connectivity index (χ1) is 10.8. The van der Waals surface area contributed by atoms with Crippen molar-refractivity contribution in [2.45, 2.75) is 24.8 Å². The van der Waals surface area contributed by atoms with E-state index in [1.807, 2.05) is 19.1 Å². The average molecular weight is 374 g/mol. The summed E-state index contributed by atoms with van der Waals surface area (Å²) in [4.78, 5) is -0.0375. The van der Waals surface area contributed by atoms with Crippen molar-refractivity contribution in [1.29, 1.82) is 0 Å². The molecule has 0 fully saturated rings. The fourth-order valence-corrected chi connectivity index (χ4v) is 4.06. The van der Waals surface area contributed by atoms with Gasteiger partial charge in [-0.3, -0.25) is 0 Å². The first-order valence-electron chi connectivity index (χ1n) is 7.03. The third-order valence-corrected chi connectivity index (χ3v) is 5.46. The molecule has 0 amide bonds. The van der Waals surface area contributed by atoms with E-state index in [-0.39, 0.29) is 9.92 Å². The molecular formula is C16H17Cl2NO3S. The average Bonchev–Trinajstić information content (AvgIpc) is 2.50. The van der Waals surface area contributed by atoms with Crippen LogP contribution in [0.5, 0.6) is 5.75 Å². The van der Waals surface area contributed by atoms with Gasteiger partial charge in [0.1, 0.15) is 10.6 Å². The van der Waals surface area contributed by atoms with Gasteiger partial charge in [0, 0.05) is 11.1 Å². The largest absolute Gasteiger partial charge is 0.494 e. The number of halogens is 2. The highest BCUT2D eigenvalue weighted by atomic mass is 35.5. The number of ether oxygens (including phenoxy) is 1. The number of sulfonamides is 1. The first kappa shape index (κ1) is 18.1. The van der Waals surface area contributed by atoms with Crippen LogP contribution in [0.15, 0.2) is 47.4 Å². The lowest BCUT2D eigenvalue weighted by Crippen LogP contribution is -2.27. The van der Waals surface area contributed by atoms with Crippen LogP contribution in [0.3, 0.4) is 0 Å². The van der Waals surface area contributed by atoms with E-state index in [2.05, 4.69) is 4.72 Å². The quantitative estimate of drug-likeness (QED) is 0.814. The molecule has 0 unspecified atom stereocenters. The van der Waals surface area contributed by atoms with Crippen LogP contribution >= 0.6 is 23.2 Å². The minimum absolute atomic E-state index is 0.0375. The molecule has 0 radical (unpaired) electrons. The Labute approximate surface area is 146 Å². The van der Waals surface area contributed by atoms with Crippen LogP contribution < -0.4 is 9.46 Å². The van der Waals surface area contributed by atoms with Gasteiger partial charge in [-0.15, -0.1) is 0 Å². The fraction of sp³-hybridized carbons (Fsp3) is 0.250. The van der Waals surface area contributed by atoms with Crippen LogP contribution in [-0.2, 0) is 10.0 Å². The summed E-state index contributed by atoms with van der Waals surface area (Å²) >= 11 is 11.8. The molecule has 0 aliphatic carbocycles. The summed E-state index contributed by atoms with van der Waals surface area (Å²) in [5.41, 5.74) is 0.815. The third-order valence-electron chi connectivity index (χ3n) is 3.21. The second-order valence-electron chi connectivity index (χ2n) is 4.92. The standard InChI is InChI=1S/C16H17Cl2NO3S/c1-3-22-14-7-4-12(5-8-14)11(2)19-23(20,21)16-10-13(17)6-9-15(16)18/h4-11,19H,3H2,1-2H3/t11-/m0/s1. The maximum atomic E-state index is 12.5. The van der Waals surface area contributed by atoms with Gasteiger partial charge >= 0.3 is 0 Å². The smallest absolute Gasteiger partial charge is 0.242 e. The third kappa shape index (κ3) is 4.61. The minimum Gasteiger partial charge on any atom is -0.494 e. The monoisotopic (exact) mass is 373 g/mol. The van der Waals surface area contributed by atoms with Gasteiger partial charge in [-0.25, -0.2) is 13.1 Å². The van der Waals surface area contributed by atoms with E-state index in [9.17, 15) is 8.42 Å². The van der Waals surface area contributed by atoms with Crippen LogP contribution in [0.4, 0.5) is 0 Å². The molecule has 0 bridgehead atoms. The van der Waals surface area contributed by atoms with Gasteiger partial charge in [0.2, 0.25) is 10.0 Å². The zero-order valence-corrected chi connectivity index (χ0v) is 15.0. The second-order valence-corrected chi connectivity index (χ2v) is 7.45. The molecule has 1 atom stereocenters. The maximum absolute atomic E-state index is 12.5. The lowest BCUT2D eigenvalue weighted by Gasteiger charge is -2.16. The van der Waals surface area contributed by atoms with Crippen LogP contribution in [0.25, 0.3) is 0 Å². The highest BCUT2D eigenvalue weighted by Crippen LogP contribution is 2.27. The van der Waals surface area contributed by atoms with E-state index in [1.165, 1.54) is 12.1 Å². The van der Waals surface area contributed by atoms with Gasteiger partial charge in [-0.05, 0) is 49.7 Å².